The Hall–Kier alpha value is -1.02. The SMILES string of the molecule is CNC1CCc2cc(OC3CCCC(C)C3)ccc21. The Balaban J connectivity index is 1.69. The lowest BCUT2D eigenvalue weighted by Crippen LogP contribution is -2.24. The fourth-order valence-corrected chi connectivity index (χ4v) is 3.65. The van der Waals surface area contributed by atoms with Crippen molar-refractivity contribution in [3.63, 3.8) is 0 Å². The molecule has 1 aromatic rings. The molecule has 3 atom stereocenters. The van der Waals surface area contributed by atoms with Crippen molar-refractivity contribution >= 4 is 0 Å². The van der Waals surface area contributed by atoms with E-state index < -0.39 is 0 Å². The number of fused-ring (bicyclic) bond motifs is 1. The summed E-state index contributed by atoms with van der Waals surface area (Å²) >= 11 is 0. The number of ether oxygens (including phenoxy) is 1. The molecule has 1 aromatic carbocycles. The molecule has 2 heteroatoms. The second-order valence-electron chi connectivity index (χ2n) is 6.25. The first-order valence-electron chi connectivity index (χ1n) is 7.73. The van der Waals surface area contributed by atoms with Crippen LogP contribution < -0.4 is 10.1 Å². The predicted octanol–water partition coefficient (Wildman–Crippen LogP) is 3.85. The number of rotatable bonds is 3. The normalized spacial score (nSPS) is 30.1. The van der Waals surface area contributed by atoms with Gasteiger partial charge in [0, 0.05) is 6.04 Å². The molecule has 0 spiro atoms. The molecular formula is C17H25NO. The Morgan fingerprint density at radius 1 is 1.21 bits per heavy atom. The average Bonchev–Trinajstić information content (AvgIpc) is 2.81. The Morgan fingerprint density at radius 3 is 2.89 bits per heavy atom. The summed E-state index contributed by atoms with van der Waals surface area (Å²) in [4.78, 5) is 0. The van der Waals surface area contributed by atoms with Crippen LogP contribution in [0.4, 0.5) is 0 Å². The summed E-state index contributed by atoms with van der Waals surface area (Å²) in [5.74, 6) is 1.90. The fourth-order valence-electron chi connectivity index (χ4n) is 3.65. The molecule has 0 bridgehead atoms. The molecule has 0 radical (unpaired) electrons. The largest absolute Gasteiger partial charge is 0.490 e. The molecule has 2 nitrogen and oxygen atoms in total. The van der Waals surface area contributed by atoms with E-state index in [9.17, 15) is 0 Å². The van der Waals surface area contributed by atoms with E-state index in [1.165, 1.54) is 49.7 Å². The van der Waals surface area contributed by atoms with Crippen LogP contribution in [0.3, 0.4) is 0 Å². The van der Waals surface area contributed by atoms with Crippen LogP contribution in [-0.4, -0.2) is 13.2 Å². The topological polar surface area (TPSA) is 21.3 Å². The summed E-state index contributed by atoms with van der Waals surface area (Å²) in [6.45, 7) is 2.34. The van der Waals surface area contributed by atoms with E-state index in [-0.39, 0.29) is 0 Å². The maximum Gasteiger partial charge on any atom is 0.120 e. The van der Waals surface area contributed by atoms with E-state index in [2.05, 4.69) is 30.4 Å². The van der Waals surface area contributed by atoms with Crippen LogP contribution in [0.1, 0.15) is 56.2 Å². The number of hydrogen-bond donors (Lipinski definition) is 1. The van der Waals surface area contributed by atoms with Crippen molar-refractivity contribution in [2.24, 2.45) is 5.92 Å². The molecule has 1 fully saturated rings. The lowest BCUT2D eigenvalue weighted by Gasteiger charge is -2.27. The summed E-state index contributed by atoms with van der Waals surface area (Å²) in [6.07, 6.45) is 7.96. The third-order valence-corrected chi connectivity index (χ3v) is 4.73. The van der Waals surface area contributed by atoms with E-state index >= 15 is 0 Å². The maximum atomic E-state index is 6.20. The van der Waals surface area contributed by atoms with Crippen molar-refractivity contribution in [2.75, 3.05) is 7.05 Å². The molecule has 0 heterocycles. The van der Waals surface area contributed by atoms with Crippen LogP contribution in [-0.2, 0) is 6.42 Å². The Bertz CT molecular complexity index is 443. The Morgan fingerprint density at radius 2 is 2.11 bits per heavy atom. The van der Waals surface area contributed by atoms with E-state index in [0.29, 0.717) is 12.1 Å². The molecule has 0 aromatic heterocycles. The lowest BCUT2D eigenvalue weighted by atomic mass is 9.89. The van der Waals surface area contributed by atoms with Gasteiger partial charge < -0.3 is 10.1 Å². The highest BCUT2D eigenvalue weighted by Gasteiger charge is 2.23. The summed E-state index contributed by atoms with van der Waals surface area (Å²) in [7, 11) is 2.05. The molecule has 2 aliphatic carbocycles. The molecule has 1 N–H and O–H groups in total. The van der Waals surface area contributed by atoms with E-state index in [1.54, 1.807) is 0 Å². The van der Waals surface area contributed by atoms with Gasteiger partial charge in [-0.1, -0.05) is 19.4 Å². The average molecular weight is 259 g/mol. The number of aryl methyl sites for hydroxylation is 1. The molecule has 0 saturated heterocycles. The van der Waals surface area contributed by atoms with Crippen LogP contribution in [0.25, 0.3) is 0 Å². The molecule has 0 amide bonds. The first kappa shape index (κ1) is 13.0. The van der Waals surface area contributed by atoms with Gasteiger partial charge in [-0.2, -0.15) is 0 Å². The van der Waals surface area contributed by atoms with E-state index in [1.807, 2.05) is 7.05 Å². The quantitative estimate of drug-likeness (QED) is 0.890. The van der Waals surface area contributed by atoms with Crippen LogP contribution in [0.5, 0.6) is 5.75 Å². The highest BCUT2D eigenvalue weighted by molar-refractivity contribution is 5.40. The second-order valence-corrected chi connectivity index (χ2v) is 6.25. The molecule has 19 heavy (non-hydrogen) atoms. The van der Waals surface area contributed by atoms with Gasteiger partial charge in [-0.3, -0.25) is 0 Å². The molecule has 1 saturated carbocycles. The summed E-state index contributed by atoms with van der Waals surface area (Å²) in [5, 5.41) is 3.39. The Labute approximate surface area is 116 Å². The fraction of sp³-hybridized carbons (Fsp3) is 0.647. The molecule has 0 aliphatic heterocycles. The van der Waals surface area contributed by atoms with Gasteiger partial charge in [0.1, 0.15) is 5.75 Å². The van der Waals surface area contributed by atoms with Gasteiger partial charge in [0.15, 0.2) is 0 Å². The summed E-state index contributed by atoms with van der Waals surface area (Å²) in [5.41, 5.74) is 2.94. The van der Waals surface area contributed by atoms with Gasteiger partial charge in [0.2, 0.25) is 0 Å². The molecule has 2 aliphatic rings. The predicted molar refractivity (Wildman–Crippen MR) is 78.6 cm³/mol. The Kier molecular flexibility index (Phi) is 3.79. The number of nitrogens with one attached hydrogen (secondary N) is 1. The zero-order chi connectivity index (χ0) is 13.2. The van der Waals surface area contributed by atoms with Crippen molar-refractivity contribution in [1.29, 1.82) is 0 Å². The van der Waals surface area contributed by atoms with Crippen molar-refractivity contribution in [1.82, 2.24) is 5.32 Å². The summed E-state index contributed by atoms with van der Waals surface area (Å²) in [6, 6.07) is 7.23. The van der Waals surface area contributed by atoms with Crippen LogP contribution >= 0.6 is 0 Å². The highest BCUT2D eigenvalue weighted by Crippen LogP contribution is 2.34. The van der Waals surface area contributed by atoms with Crippen molar-refractivity contribution in [3.05, 3.63) is 29.3 Å². The third-order valence-electron chi connectivity index (χ3n) is 4.73. The third kappa shape index (κ3) is 2.79. The zero-order valence-electron chi connectivity index (χ0n) is 12.1. The number of benzene rings is 1. The van der Waals surface area contributed by atoms with Crippen molar-refractivity contribution < 1.29 is 4.74 Å². The monoisotopic (exact) mass is 259 g/mol. The van der Waals surface area contributed by atoms with Gasteiger partial charge in [0.05, 0.1) is 6.10 Å². The van der Waals surface area contributed by atoms with Gasteiger partial charge in [-0.25, -0.2) is 0 Å². The van der Waals surface area contributed by atoms with Crippen LogP contribution in [0.15, 0.2) is 18.2 Å². The first-order chi connectivity index (χ1) is 9.26. The van der Waals surface area contributed by atoms with Crippen molar-refractivity contribution in [3.8, 4) is 5.75 Å². The van der Waals surface area contributed by atoms with Crippen LogP contribution in [0, 0.1) is 5.92 Å². The highest BCUT2D eigenvalue weighted by atomic mass is 16.5. The maximum absolute atomic E-state index is 6.20. The standard InChI is InChI=1S/C17H25NO/c1-12-4-3-5-14(10-12)19-15-7-8-16-13(11-15)6-9-17(16)18-2/h7-8,11-12,14,17-18H,3-6,9-10H2,1-2H3. The minimum atomic E-state index is 0.434. The summed E-state index contributed by atoms with van der Waals surface area (Å²) < 4.78 is 6.20. The van der Waals surface area contributed by atoms with Gasteiger partial charge in [-0.15, -0.1) is 0 Å². The van der Waals surface area contributed by atoms with Gasteiger partial charge in [-0.05, 0) is 68.3 Å². The lowest BCUT2D eigenvalue weighted by molar-refractivity contribution is 0.129. The van der Waals surface area contributed by atoms with E-state index in [0.717, 1.165) is 11.7 Å². The van der Waals surface area contributed by atoms with Crippen LogP contribution in [0.2, 0.25) is 0 Å². The zero-order valence-corrected chi connectivity index (χ0v) is 12.1. The molecule has 104 valence electrons. The molecule has 3 rings (SSSR count). The number of hydrogen-bond acceptors (Lipinski definition) is 2. The second kappa shape index (κ2) is 5.54. The minimum Gasteiger partial charge on any atom is -0.490 e. The van der Waals surface area contributed by atoms with Gasteiger partial charge >= 0.3 is 0 Å². The van der Waals surface area contributed by atoms with Gasteiger partial charge in [0.25, 0.3) is 0 Å². The minimum absolute atomic E-state index is 0.434. The van der Waals surface area contributed by atoms with Crippen molar-refractivity contribution in [2.45, 2.75) is 57.6 Å². The first-order valence-corrected chi connectivity index (χ1v) is 7.73. The van der Waals surface area contributed by atoms with E-state index in [4.69, 9.17) is 4.74 Å². The smallest absolute Gasteiger partial charge is 0.120 e. The molecule has 3 unspecified atom stereocenters. The molecular weight excluding hydrogens is 234 g/mol.